The summed E-state index contributed by atoms with van der Waals surface area (Å²) in [6, 6.07) is 16.6. The molecule has 3 nitrogen and oxygen atoms in total. The van der Waals surface area contributed by atoms with Crippen LogP contribution in [0.5, 0.6) is 0 Å². The number of ether oxygens (including phenoxy) is 1. The zero-order valence-corrected chi connectivity index (χ0v) is 13.6. The average molecular weight is 392 g/mol. The summed E-state index contributed by atoms with van der Waals surface area (Å²) in [7, 11) is 0. The summed E-state index contributed by atoms with van der Waals surface area (Å²) < 4.78 is 70.8. The maximum Gasteiger partial charge on any atom is 0.423 e. The maximum atomic E-state index is 11.0. The molecule has 0 saturated carbocycles. The molecular formula is C18H14F6O3. The van der Waals surface area contributed by atoms with Crippen LogP contribution in [-0.2, 0) is 9.53 Å². The van der Waals surface area contributed by atoms with Gasteiger partial charge in [-0.1, -0.05) is 48.5 Å². The second kappa shape index (κ2) is 7.99. The van der Waals surface area contributed by atoms with Gasteiger partial charge in [0.1, 0.15) is 6.61 Å². The van der Waals surface area contributed by atoms with Crippen LogP contribution >= 0.6 is 0 Å². The van der Waals surface area contributed by atoms with Gasteiger partial charge in [-0.2, -0.15) is 26.3 Å². The van der Waals surface area contributed by atoms with Gasteiger partial charge in [0.25, 0.3) is 6.47 Å². The lowest BCUT2D eigenvalue weighted by Crippen LogP contribution is -2.41. The summed E-state index contributed by atoms with van der Waals surface area (Å²) in [6.07, 6.45) is -15.5. The molecular weight excluding hydrogens is 378 g/mol. The summed E-state index contributed by atoms with van der Waals surface area (Å²) in [5, 5.41) is 7.47. The molecule has 0 saturated heterocycles. The van der Waals surface area contributed by atoms with E-state index in [4.69, 9.17) is 9.84 Å². The minimum Gasteiger partial charge on any atom is -0.467 e. The highest BCUT2D eigenvalue weighted by Gasteiger charge is 2.55. The van der Waals surface area contributed by atoms with E-state index in [1.807, 2.05) is 24.3 Å². The van der Waals surface area contributed by atoms with Crippen LogP contribution in [0.1, 0.15) is 17.0 Å². The number of halogens is 6. The standard InChI is InChI=1S/C15H12O2.C3H2F6O/c16-10-17-9-15-13-7-3-1-5-11(13)12-6-2-4-8-14(12)15;4-2(5,6)1(10)3(7,8)9/h1-8,10,15H,9H2;1,10H. The Bertz CT molecular complexity index is 726. The minimum absolute atomic E-state index is 0.174. The number of benzene rings is 2. The SMILES string of the molecule is O=COCC1c2ccccc2-c2ccccc21.OC(C(F)(F)F)C(F)(F)F. The van der Waals surface area contributed by atoms with Gasteiger partial charge in [0.05, 0.1) is 0 Å². The second-order valence-corrected chi connectivity index (χ2v) is 5.64. The number of hydrogen-bond donors (Lipinski definition) is 1. The van der Waals surface area contributed by atoms with Gasteiger partial charge in [0, 0.05) is 5.92 Å². The van der Waals surface area contributed by atoms with Crippen LogP contribution < -0.4 is 0 Å². The summed E-state index contributed by atoms with van der Waals surface area (Å²) in [5.41, 5.74) is 5.00. The highest BCUT2D eigenvalue weighted by Crippen LogP contribution is 2.44. The van der Waals surface area contributed by atoms with Crippen molar-refractivity contribution in [3.63, 3.8) is 0 Å². The van der Waals surface area contributed by atoms with Gasteiger partial charge in [0.15, 0.2) is 0 Å². The zero-order valence-electron chi connectivity index (χ0n) is 13.6. The van der Waals surface area contributed by atoms with Crippen molar-refractivity contribution in [1.82, 2.24) is 0 Å². The van der Waals surface area contributed by atoms with Crippen molar-refractivity contribution >= 4 is 6.47 Å². The molecule has 0 aliphatic heterocycles. The van der Waals surface area contributed by atoms with Crippen LogP contribution in [0.3, 0.4) is 0 Å². The molecule has 1 aliphatic carbocycles. The molecule has 2 aromatic carbocycles. The van der Waals surface area contributed by atoms with Gasteiger partial charge in [-0.15, -0.1) is 0 Å². The third-order valence-electron chi connectivity index (χ3n) is 3.91. The molecule has 9 heteroatoms. The van der Waals surface area contributed by atoms with E-state index >= 15 is 0 Å². The molecule has 3 rings (SSSR count). The number of carbonyl (C=O) groups excluding carboxylic acids is 1. The van der Waals surface area contributed by atoms with Crippen molar-refractivity contribution in [2.45, 2.75) is 24.4 Å². The van der Waals surface area contributed by atoms with Gasteiger partial charge < -0.3 is 9.84 Å². The molecule has 0 amide bonds. The number of rotatable bonds is 3. The van der Waals surface area contributed by atoms with E-state index in [1.54, 1.807) is 0 Å². The van der Waals surface area contributed by atoms with Crippen molar-refractivity contribution in [3.05, 3.63) is 59.7 Å². The molecule has 0 spiro atoms. The third-order valence-corrected chi connectivity index (χ3v) is 3.91. The fourth-order valence-electron chi connectivity index (χ4n) is 2.76. The Kier molecular flexibility index (Phi) is 6.15. The quantitative estimate of drug-likeness (QED) is 0.621. The molecule has 0 unspecified atom stereocenters. The molecule has 0 bridgehead atoms. The van der Waals surface area contributed by atoms with E-state index in [2.05, 4.69) is 24.3 Å². The predicted octanol–water partition coefficient (Wildman–Crippen LogP) is 4.44. The average Bonchev–Trinajstić information content (AvgIpc) is 2.92. The lowest BCUT2D eigenvalue weighted by atomic mass is 9.98. The Morgan fingerprint density at radius 3 is 1.63 bits per heavy atom. The number of fused-ring (bicyclic) bond motifs is 3. The zero-order chi connectivity index (χ0) is 20.2. The Morgan fingerprint density at radius 2 is 1.30 bits per heavy atom. The lowest BCUT2D eigenvalue weighted by molar-refractivity contribution is -0.308. The normalized spacial score (nSPS) is 13.5. The molecule has 27 heavy (non-hydrogen) atoms. The van der Waals surface area contributed by atoms with Crippen LogP contribution in [0.2, 0.25) is 0 Å². The van der Waals surface area contributed by atoms with Crippen LogP contribution in [0.15, 0.2) is 48.5 Å². The molecule has 0 atom stereocenters. The van der Waals surface area contributed by atoms with E-state index in [1.165, 1.54) is 22.3 Å². The van der Waals surface area contributed by atoms with Gasteiger partial charge in [-0.05, 0) is 22.3 Å². The summed E-state index contributed by atoms with van der Waals surface area (Å²) in [5.74, 6) is 0.174. The van der Waals surface area contributed by atoms with Crippen LogP contribution in [0.25, 0.3) is 11.1 Å². The van der Waals surface area contributed by atoms with E-state index in [0.717, 1.165) is 0 Å². The van der Waals surface area contributed by atoms with Gasteiger partial charge in [-0.25, -0.2) is 0 Å². The largest absolute Gasteiger partial charge is 0.467 e. The van der Waals surface area contributed by atoms with Gasteiger partial charge in [-0.3, -0.25) is 4.79 Å². The van der Waals surface area contributed by atoms with E-state index in [9.17, 15) is 31.1 Å². The minimum atomic E-state index is -5.63. The van der Waals surface area contributed by atoms with Crippen LogP contribution in [0.4, 0.5) is 26.3 Å². The first-order chi connectivity index (χ1) is 12.6. The summed E-state index contributed by atoms with van der Waals surface area (Å²) >= 11 is 0. The molecule has 146 valence electrons. The Morgan fingerprint density at radius 1 is 0.889 bits per heavy atom. The van der Waals surface area contributed by atoms with Gasteiger partial charge in [0.2, 0.25) is 6.10 Å². The highest BCUT2D eigenvalue weighted by molar-refractivity contribution is 5.78. The lowest BCUT2D eigenvalue weighted by Gasteiger charge is -2.16. The maximum absolute atomic E-state index is 11.0. The van der Waals surface area contributed by atoms with Crippen molar-refractivity contribution < 1.29 is 41.0 Å². The third kappa shape index (κ3) is 4.79. The second-order valence-electron chi connectivity index (χ2n) is 5.64. The first kappa shape index (κ1) is 20.8. The molecule has 0 heterocycles. The van der Waals surface area contributed by atoms with Gasteiger partial charge >= 0.3 is 12.4 Å². The number of carbonyl (C=O) groups is 1. The van der Waals surface area contributed by atoms with E-state index < -0.39 is 18.5 Å². The van der Waals surface area contributed by atoms with Crippen molar-refractivity contribution in [2.75, 3.05) is 6.61 Å². The van der Waals surface area contributed by atoms with Crippen LogP contribution in [0, 0.1) is 0 Å². The van der Waals surface area contributed by atoms with Crippen molar-refractivity contribution in [3.8, 4) is 11.1 Å². The Balaban J connectivity index is 0.000000227. The first-order valence-corrected chi connectivity index (χ1v) is 7.62. The van der Waals surface area contributed by atoms with E-state index in [-0.39, 0.29) is 5.92 Å². The number of aliphatic hydroxyl groups excluding tert-OH is 1. The summed E-state index contributed by atoms with van der Waals surface area (Å²) in [6.45, 7) is 0.932. The Labute approximate surface area is 150 Å². The van der Waals surface area contributed by atoms with Crippen molar-refractivity contribution in [2.24, 2.45) is 0 Å². The molecule has 0 aromatic heterocycles. The fourth-order valence-corrected chi connectivity index (χ4v) is 2.76. The topological polar surface area (TPSA) is 46.5 Å². The van der Waals surface area contributed by atoms with E-state index in [0.29, 0.717) is 13.1 Å². The monoisotopic (exact) mass is 392 g/mol. The van der Waals surface area contributed by atoms with Crippen LogP contribution in [-0.4, -0.2) is 36.6 Å². The molecule has 1 aliphatic rings. The van der Waals surface area contributed by atoms with Crippen molar-refractivity contribution in [1.29, 1.82) is 0 Å². The molecule has 2 aromatic rings. The Hall–Kier alpha value is -2.55. The molecule has 1 N–H and O–H groups in total. The fraction of sp³-hybridized carbons (Fsp3) is 0.278. The highest BCUT2D eigenvalue weighted by atomic mass is 19.4. The number of hydrogen-bond acceptors (Lipinski definition) is 3. The summed E-state index contributed by atoms with van der Waals surface area (Å²) in [4.78, 5) is 10.4. The number of aliphatic hydroxyl groups is 1. The smallest absolute Gasteiger partial charge is 0.423 e. The number of alkyl halides is 6. The molecule has 0 fully saturated rings. The predicted molar refractivity (Wildman–Crippen MR) is 83.9 cm³/mol. The first-order valence-electron chi connectivity index (χ1n) is 7.62. The molecule has 0 radical (unpaired) electrons.